The van der Waals surface area contributed by atoms with Gasteiger partial charge >= 0.3 is 6.18 Å². The smallest absolute Gasteiger partial charge is 0.383 e. The maximum atomic E-state index is 12.4. The Morgan fingerprint density at radius 2 is 2.12 bits per heavy atom. The van der Waals surface area contributed by atoms with Crippen LogP contribution in [0.3, 0.4) is 0 Å². The second kappa shape index (κ2) is 5.67. The van der Waals surface area contributed by atoms with Crippen LogP contribution in [-0.2, 0) is 10.9 Å². The van der Waals surface area contributed by atoms with Crippen LogP contribution in [0.25, 0.3) is 0 Å². The Kier molecular flexibility index (Phi) is 4.51. The highest BCUT2D eigenvalue weighted by atomic mass is 19.4. The zero-order valence-corrected chi connectivity index (χ0v) is 9.17. The van der Waals surface area contributed by atoms with E-state index in [0.29, 0.717) is 6.61 Å². The molecule has 3 nitrogen and oxygen atoms in total. The number of alkyl halides is 3. The summed E-state index contributed by atoms with van der Waals surface area (Å²) in [4.78, 5) is 11.5. The number of hydrogen-bond donors (Lipinski definition) is 1. The number of benzene rings is 1. The van der Waals surface area contributed by atoms with Gasteiger partial charge in [-0.15, -0.1) is 0 Å². The summed E-state index contributed by atoms with van der Waals surface area (Å²) in [7, 11) is 1.47. The van der Waals surface area contributed by atoms with Gasteiger partial charge in [-0.3, -0.25) is 4.79 Å². The third-order valence-electron chi connectivity index (χ3n) is 2.04. The normalized spacial score (nSPS) is 11.3. The van der Waals surface area contributed by atoms with Crippen LogP contribution in [0.15, 0.2) is 24.3 Å². The van der Waals surface area contributed by atoms with Gasteiger partial charge in [0.05, 0.1) is 12.2 Å². The molecule has 94 valence electrons. The molecule has 0 bridgehead atoms. The van der Waals surface area contributed by atoms with Crippen LogP contribution in [0.2, 0.25) is 0 Å². The third kappa shape index (κ3) is 4.07. The molecule has 0 saturated heterocycles. The maximum Gasteiger partial charge on any atom is 0.416 e. The van der Waals surface area contributed by atoms with Crippen molar-refractivity contribution >= 4 is 5.91 Å². The fourth-order valence-electron chi connectivity index (χ4n) is 1.21. The van der Waals surface area contributed by atoms with Crippen molar-refractivity contribution in [2.75, 3.05) is 20.3 Å². The molecule has 0 spiro atoms. The molecule has 0 fully saturated rings. The minimum Gasteiger partial charge on any atom is -0.383 e. The van der Waals surface area contributed by atoms with Gasteiger partial charge in [-0.2, -0.15) is 13.2 Å². The lowest BCUT2D eigenvalue weighted by Gasteiger charge is -2.09. The van der Waals surface area contributed by atoms with Crippen molar-refractivity contribution in [1.29, 1.82) is 0 Å². The van der Waals surface area contributed by atoms with Crippen molar-refractivity contribution in [1.82, 2.24) is 5.32 Å². The summed E-state index contributed by atoms with van der Waals surface area (Å²) in [5.41, 5.74) is -0.854. The van der Waals surface area contributed by atoms with Crippen LogP contribution >= 0.6 is 0 Å². The summed E-state index contributed by atoms with van der Waals surface area (Å²) >= 11 is 0. The average Bonchev–Trinajstić information content (AvgIpc) is 2.28. The van der Waals surface area contributed by atoms with E-state index in [2.05, 4.69) is 5.32 Å². The molecular weight excluding hydrogens is 235 g/mol. The molecule has 0 aliphatic rings. The van der Waals surface area contributed by atoms with Gasteiger partial charge in [0.15, 0.2) is 0 Å². The highest BCUT2D eigenvalue weighted by molar-refractivity contribution is 5.94. The molecular formula is C11H12F3NO2. The number of methoxy groups -OCH3 is 1. The highest BCUT2D eigenvalue weighted by Crippen LogP contribution is 2.29. The Morgan fingerprint density at radius 1 is 1.41 bits per heavy atom. The van der Waals surface area contributed by atoms with Gasteiger partial charge in [-0.25, -0.2) is 0 Å². The summed E-state index contributed by atoms with van der Waals surface area (Å²) in [5, 5.41) is 2.45. The summed E-state index contributed by atoms with van der Waals surface area (Å²) in [6.45, 7) is 0.566. The molecule has 17 heavy (non-hydrogen) atoms. The molecule has 1 rings (SSSR count). The van der Waals surface area contributed by atoms with Crippen LogP contribution in [0.1, 0.15) is 15.9 Å². The largest absolute Gasteiger partial charge is 0.416 e. The summed E-state index contributed by atoms with van der Waals surface area (Å²) in [5.74, 6) is -0.548. The van der Waals surface area contributed by atoms with Gasteiger partial charge in [0.1, 0.15) is 0 Å². The summed E-state index contributed by atoms with van der Waals surface area (Å²) in [6.07, 6.45) is -4.44. The number of ether oxygens (including phenoxy) is 1. The molecule has 1 aromatic carbocycles. The predicted octanol–water partition coefficient (Wildman–Crippen LogP) is 2.08. The zero-order chi connectivity index (χ0) is 12.9. The Labute approximate surface area is 96.6 Å². The van der Waals surface area contributed by atoms with E-state index in [4.69, 9.17) is 4.74 Å². The van der Waals surface area contributed by atoms with Crippen molar-refractivity contribution in [2.24, 2.45) is 0 Å². The average molecular weight is 247 g/mol. The van der Waals surface area contributed by atoms with Crippen LogP contribution in [0.4, 0.5) is 13.2 Å². The van der Waals surface area contributed by atoms with Crippen LogP contribution in [0.5, 0.6) is 0 Å². The summed E-state index contributed by atoms with van der Waals surface area (Å²) < 4.78 is 41.9. The molecule has 1 aromatic rings. The summed E-state index contributed by atoms with van der Waals surface area (Å²) in [6, 6.07) is 4.28. The Hall–Kier alpha value is -1.56. The first-order valence-corrected chi connectivity index (χ1v) is 4.89. The molecule has 1 N–H and O–H groups in total. The van der Waals surface area contributed by atoms with E-state index in [0.717, 1.165) is 12.1 Å². The molecule has 0 radical (unpaired) electrons. The molecule has 0 heterocycles. The third-order valence-corrected chi connectivity index (χ3v) is 2.04. The van der Waals surface area contributed by atoms with Gasteiger partial charge in [0.25, 0.3) is 5.91 Å². The van der Waals surface area contributed by atoms with Crippen LogP contribution < -0.4 is 5.32 Å². The fourth-order valence-corrected chi connectivity index (χ4v) is 1.21. The minimum absolute atomic E-state index is 0.0177. The number of halogens is 3. The van der Waals surface area contributed by atoms with Gasteiger partial charge in [0.2, 0.25) is 0 Å². The molecule has 0 aliphatic heterocycles. The fraction of sp³-hybridized carbons (Fsp3) is 0.364. The lowest BCUT2D eigenvalue weighted by atomic mass is 10.1. The lowest BCUT2D eigenvalue weighted by Crippen LogP contribution is -2.27. The molecule has 0 unspecified atom stereocenters. The molecule has 1 amide bonds. The molecule has 0 aliphatic carbocycles. The van der Waals surface area contributed by atoms with E-state index in [-0.39, 0.29) is 12.1 Å². The van der Waals surface area contributed by atoms with Crippen molar-refractivity contribution in [3.05, 3.63) is 35.4 Å². The van der Waals surface area contributed by atoms with Crippen LogP contribution in [0, 0.1) is 0 Å². The van der Waals surface area contributed by atoms with E-state index in [1.54, 1.807) is 0 Å². The second-order valence-corrected chi connectivity index (χ2v) is 3.33. The molecule has 0 atom stereocenters. The second-order valence-electron chi connectivity index (χ2n) is 3.33. The SMILES string of the molecule is COCCNC(=O)c1cccc(C(F)(F)F)c1. The maximum absolute atomic E-state index is 12.4. The zero-order valence-electron chi connectivity index (χ0n) is 9.17. The monoisotopic (exact) mass is 247 g/mol. The standard InChI is InChI=1S/C11H12F3NO2/c1-17-6-5-15-10(16)8-3-2-4-9(7-8)11(12,13)14/h2-4,7H,5-6H2,1H3,(H,15,16). The first-order valence-electron chi connectivity index (χ1n) is 4.89. The highest BCUT2D eigenvalue weighted by Gasteiger charge is 2.30. The van der Waals surface area contributed by atoms with Crippen molar-refractivity contribution in [3.8, 4) is 0 Å². The van der Waals surface area contributed by atoms with Crippen molar-refractivity contribution < 1.29 is 22.7 Å². The Bertz CT molecular complexity index is 391. The van der Waals surface area contributed by atoms with Gasteiger partial charge < -0.3 is 10.1 Å². The van der Waals surface area contributed by atoms with E-state index < -0.39 is 17.6 Å². The lowest BCUT2D eigenvalue weighted by molar-refractivity contribution is -0.137. The number of carbonyl (C=O) groups is 1. The molecule has 0 aromatic heterocycles. The number of nitrogens with one attached hydrogen (secondary N) is 1. The van der Waals surface area contributed by atoms with E-state index in [9.17, 15) is 18.0 Å². The first-order chi connectivity index (χ1) is 7.95. The van der Waals surface area contributed by atoms with Gasteiger partial charge in [0, 0.05) is 19.2 Å². The molecule has 6 heteroatoms. The van der Waals surface area contributed by atoms with Gasteiger partial charge in [-0.1, -0.05) is 6.07 Å². The topological polar surface area (TPSA) is 38.3 Å². The number of carbonyl (C=O) groups excluding carboxylic acids is 1. The van der Waals surface area contributed by atoms with E-state index >= 15 is 0 Å². The Morgan fingerprint density at radius 3 is 2.71 bits per heavy atom. The number of amides is 1. The molecule has 0 saturated carbocycles. The quantitative estimate of drug-likeness (QED) is 0.827. The Balaban J connectivity index is 2.74. The number of rotatable bonds is 4. The predicted molar refractivity (Wildman–Crippen MR) is 55.7 cm³/mol. The minimum atomic E-state index is -4.44. The van der Waals surface area contributed by atoms with Crippen molar-refractivity contribution in [3.63, 3.8) is 0 Å². The van der Waals surface area contributed by atoms with Gasteiger partial charge in [-0.05, 0) is 18.2 Å². The van der Waals surface area contributed by atoms with E-state index in [1.165, 1.54) is 19.2 Å². The van der Waals surface area contributed by atoms with Crippen molar-refractivity contribution in [2.45, 2.75) is 6.18 Å². The van der Waals surface area contributed by atoms with Crippen LogP contribution in [-0.4, -0.2) is 26.2 Å². The first kappa shape index (κ1) is 13.5. The van der Waals surface area contributed by atoms with E-state index in [1.807, 2.05) is 0 Å². The number of hydrogen-bond acceptors (Lipinski definition) is 2.